The molecule has 2 N–H and O–H groups in total. The number of hydrogen-bond acceptors (Lipinski definition) is 1. The number of amides is 1. The highest BCUT2D eigenvalue weighted by atomic mass is 35.5. The molecule has 6 heteroatoms. The third-order valence-electron chi connectivity index (χ3n) is 3.56. The smallest absolute Gasteiger partial charge is 0.279 e. The molecule has 2 atom stereocenters. The van der Waals surface area contributed by atoms with Gasteiger partial charge < -0.3 is 10.2 Å². The molecule has 1 aromatic carbocycles. The van der Waals surface area contributed by atoms with Gasteiger partial charge in [-0.25, -0.2) is 0 Å². The average molecular weight is 337 g/mol. The Bertz CT molecular complexity index is 507. The van der Waals surface area contributed by atoms with Crippen LogP contribution in [0.15, 0.2) is 12.1 Å². The van der Waals surface area contributed by atoms with E-state index in [4.69, 9.17) is 34.8 Å². The lowest BCUT2D eigenvalue weighted by molar-refractivity contribution is -0.900. The van der Waals surface area contributed by atoms with Crippen LogP contribution in [0.2, 0.25) is 15.1 Å². The Morgan fingerprint density at radius 1 is 1.30 bits per heavy atom. The van der Waals surface area contributed by atoms with Crippen molar-refractivity contribution in [3.8, 4) is 0 Å². The topological polar surface area (TPSA) is 33.5 Å². The fraction of sp³-hybridized carbons (Fsp3) is 0.500. The van der Waals surface area contributed by atoms with Crippen LogP contribution in [0.25, 0.3) is 0 Å². The number of halogens is 3. The number of benzene rings is 1. The van der Waals surface area contributed by atoms with E-state index in [1.54, 1.807) is 6.07 Å². The van der Waals surface area contributed by atoms with Gasteiger partial charge >= 0.3 is 0 Å². The van der Waals surface area contributed by atoms with Gasteiger partial charge in [0.25, 0.3) is 5.91 Å². The molecule has 3 nitrogen and oxygen atoms in total. The van der Waals surface area contributed by atoms with Crippen molar-refractivity contribution in [3.05, 3.63) is 27.2 Å². The summed E-state index contributed by atoms with van der Waals surface area (Å²) in [5, 5.41) is 3.96. The second-order valence-corrected chi connectivity index (χ2v) is 6.64. The van der Waals surface area contributed by atoms with Crippen LogP contribution in [-0.2, 0) is 4.79 Å². The van der Waals surface area contributed by atoms with E-state index >= 15 is 0 Å². The lowest BCUT2D eigenvalue weighted by Gasteiger charge is -2.27. The Hall–Kier alpha value is -0.480. The fourth-order valence-electron chi connectivity index (χ4n) is 2.60. The summed E-state index contributed by atoms with van der Waals surface area (Å²) in [6.07, 6.45) is 2.43. The van der Waals surface area contributed by atoms with Gasteiger partial charge in [0.1, 0.15) is 0 Å². The van der Waals surface area contributed by atoms with Crippen LogP contribution in [0.4, 0.5) is 5.69 Å². The molecule has 2 rings (SSSR count). The Morgan fingerprint density at radius 3 is 2.70 bits per heavy atom. The van der Waals surface area contributed by atoms with Crippen LogP contribution < -0.4 is 10.2 Å². The number of hydrogen-bond donors (Lipinski definition) is 2. The van der Waals surface area contributed by atoms with Gasteiger partial charge in [-0.3, -0.25) is 4.79 Å². The first-order valence-electron chi connectivity index (χ1n) is 6.73. The van der Waals surface area contributed by atoms with Crippen LogP contribution >= 0.6 is 34.8 Å². The van der Waals surface area contributed by atoms with E-state index in [2.05, 4.69) is 12.2 Å². The maximum atomic E-state index is 12.1. The van der Waals surface area contributed by atoms with Gasteiger partial charge in [0, 0.05) is 5.92 Å². The Kier molecular flexibility index (Phi) is 5.56. The highest BCUT2D eigenvalue weighted by molar-refractivity contribution is 6.44. The SMILES string of the molecule is C[C@@H]1CCC[NH+](CC(=O)Nc2cc(Cl)c(Cl)cc2Cl)C1. The van der Waals surface area contributed by atoms with Crippen LogP contribution in [-0.4, -0.2) is 25.5 Å². The lowest BCUT2D eigenvalue weighted by Crippen LogP contribution is -3.14. The zero-order chi connectivity index (χ0) is 14.7. The molecule has 1 heterocycles. The fourth-order valence-corrected chi connectivity index (χ4v) is 3.19. The highest BCUT2D eigenvalue weighted by Gasteiger charge is 2.22. The first-order chi connectivity index (χ1) is 9.45. The molecule has 0 bridgehead atoms. The largest absolute Gasteiger partial charge is 0.327 e. The summed E-state index contributed by atoms with van der Waals surface area (Å²) >= 11 is 17.8. The van der Waals surface area contributed by atoms with E-state index in [1.807, 2.05) is 0 Å². The quantitative estimate of drug-likeness (QED) is 0.818. The minimum atomic E-state index is -0.0469. The predicted octanol–water partition coefficient (Wildman–Crippen LogP) is 2.90. The summed E-state index contributed by atoms with van der Waals surface area (Å²) in [6, 6.07) is 3.12. The third kappa shape index (κ3) is 4.26. The number of quaternary nitrogens is 1. The molecule has 0 saturated carbocycles. The Labute approximate surface area is 134 Å². The van der Waals surface area contributed by atoms with E-state index in [9.17, 15) is 4.79 Å². The molecule has 0 aliphatic carbocycles. The minimum Gasteiger partial charge on any atom is -0.327 e. The molecule has 1 fully saturated rings. The number of nitrogens with one attached hydrogen (secondary N) is 2. The monoisotopic (exact) mass is 335 g/mol. The van der Waals surface area contributed by atoms with Gasteiger partial charge in [-0.15, -0.1) is 0 Å². The number of carbonyl (C=O) groups excluding carboxylic acids is 1. The second kappa shape index (κ2) is 6.99. The summed E-state index contributed by atoms with van der Waals surface area (Å²) in [5.74, 6) is 0.634. The van der Waals surface area contributed by atoms with E-state index in [-0.39, 0.29) is 5.91 Å². The van der Waals surface area contributed by atoms with Crippen LogP contribution in [0.5, 0.6) is 0 Å². The molecule has 110 valence electrons. The maximum Gasteiger partial charge on any atom is 0.279 e. The molecule has 1 aliphatic rings. The molecule has 1 aliphatic heterocycles. The zero-order valence-corrected chi connectivity index (χ0v) is 13.6. The number of rotatable bonds is 3. The number of anilines is 1. The summed E-state index contributed by atoms with van der Waals surface area (Å²) in [6.45, 7) is 4.78. The van der Waals surface area contributed by atoms with Crippen molar-refractivity contribution in [2.75, 3.05) is 25.0 Å². The van der Waals surface area contributed by atoms with Gasteiger partial charge in [-0.2, -0.15) is 0 Å². The molecule has 0 spiro atoms. The highest BCUT2D eigenvalue weighted by Crippen LogP contribution is 2.32. The molecule has 1 aromatic rings. The van der Waals surface area contributed by atoms with Crippen molar-refractivity contribution >= 4 is 46.4 Å². The Morgan fingerprint density at radius 2 is 2.00 bits per heavy atom. The average Bonchev–Trinajstić information content (AvgIpc) is 2.36. The number of piperidine rings is 1. The van der Waals surface area contributed by atoms with Gasteiger partial charge in [0.2, 0.25) is 0 Å². The van der Waals surface area contributed by atoms with Crippen molar-refractivity contribution in [1.29, 1.82) is 0 Å². The second-order valence-electron chi connectivity index (χ2n) is 5.42. The van der Waals surface area contributed by atoms with Crippen LogP contribution in [0, 0.1) is 5.92 Å². The van der Waals surface area contributed by atoms with Gasteiger partial charge in [-0.05, 0) is 25.0 Å². The van der Waals surface area contributed by atoms with Gasteiger partial charge in [-0.1, -0.05) is 41.7 Å². The summed E-state index contributed by atoms with van der Waals surface area (Å²) in [7, 11) is 0. The molecule has 0 radical (unpaired) electrons. The van der Waals surface area contributed by atoms with Crippen LogP contribution in [0.1, 0.15) is 19.8 Å². The number of likely N-dealkylation sites (tertiary alicyclic amines) is 1. The molecule has 1 amide bonds. The molecule has 1 unspecified atom stereocenters. The first-order valence-corrected chi connectivity index (χ1v) is 7.87. The molecular weight excluding hydrogens is 319 g/mol. The van der Waals surface area contributed by atoms with E-state index in [0.717, 1.165) is 13.1 Å². The lowest BCUT2D eigenvalue weighted by atomic mass is 10.0. The van der Waals surface area contributed by atoms with E-state index in [0.29, 0.717) is 33.2 Å². The van der Waals surface area contributed by atoms with Crippen molar-refractivity contribution in [1.82, 2.24) is 0 Å². The number of carbonyl (C=O) groups is 1. The molecule has 0 aromatic heterocycles. The third-order valence-corrected chi connectivity index (χ3v) is 4.59. The molecule has 20 heavy (non-hydrogen) atoms. The van der Waals surface area contributed by atoms with Gasteiger partial charge in [0.05, 0.1) is 33.8 Å². The van der Waals surface area contributed by atoms with Crippen LogP contribution in [0.3, 0.4) is 0 Å². The van der Waals surface area contributed by atoms with Crippen molar-refractivity contribution in [2.45, 2.75) is 19.8 Å². The normalized spacial score (nSPS) is 22.6. The molecule has 1 saturated heterocycles. The Balaban J connectivity index is 1.96. The van der Waals surface area contributed by atoms with E-state index in [1.165, 1.54) is 23.8 Å². The molecular formula is C14H18Cl3N2O+. The van der Waals surface area contributed by atoms with E-state index < -0.39 is 0 Å². The summed E-state index contributed by atoms with van der Waals surface area (Å²) < 4.78 is 0. The summed E-state index contributed by atoms with van der Waals surface area (Å²) in [4.78, 5) is 13.4. The maximum absolute atomic E-state index is 12.1. The minimum absolute atomic E-state index is 0.0469. The predicted molar refractivity (Wildman–Crippen MR) is 84.1 cm³/mol. The first kappa shape index (κ1) is 15.9. The standard InChI is InChI=1S/C14H17Cl3N2O/c1-9-3-2-4-19(7-9)8-14(20)18-13-6-11(16)10(15)5-12(13)17/h5-6,9H,2-4,7-8H2,1H3,(H,18,20)/p+1/t9-/m1/s1. The van der Waals surface area contributed by atoms with Crippen molar-refractivity contribution in [3.63, 3.8) is 0 Å². The zero-order valence-electron chi connectivity index (χ0n) is 11.3. The summed E-state index contributed by atoms with van der Waals surface area (Å²) in [5.41, 5.74) is 0.510. The van der Waals surface area contributed by atoms with Crippen molar-refractivity contribution in [2.24, 2.45) is 5.92 Å². The van der Waals surface area contributed by atoms with Gasteiger partial charge in [0.15, 0.2) is 6.54 Å². The van der Waals surface area contributed by atoms with Crippen molar-refractivity contribution < 1.29 is 9.69 Å².